The lowest BCUT2D eigenvalue weighted by atomic mass is 10.1. The molecule has 0 saturated carbocycles. The standard InChI is InChI=1S/C16H18Cl2N6/c1-11(2)7-8-23(10-12-3-4-13(17)14(18)9-12)16-6-5-15-19-21-22-24(15)20-16/h3-6,9,11H,7-8,10H2,1-2H3. The lowest BCUT2D eigenvalue weighted by Gasteiger charge is -2.24. The van der Waals surface area contributed by atoms with Gasteiger partial charge in [0, 0.05) is 13.1 Å². The maximum atomic E-state index is 6.14. The Labute approximate surface area is 150 Å². The number of hydrogen-bond acceptors (Lipinski definition) is 5. The van der Waals surface area contributed by atoms with Crippen LogP contribution in [0.15, 0.2) is 30.3 Å². The zero-order valence-corrected chi connectivity index (χ0v) is 15.0. The van der Waals surface area contributed by atoms with Gasteiger partial charge in [0.2, 0.25) is 0 Å². The Morgan fingerprint density at radius 2 is 1.96 bits per heavy atom. The molecule has 0 saturated heterocycles. The quantitative estimate of drug-likeness (QED) is 0.664. The van der Waals surface area contributed by atoms with Crippen molar-refractivity contribution in [2.45, 2.75) is 26.8 Å². The number of fused-ring (bicyclic) bond motifs is 1. The van der Waals surface area contributed by atoms with Gasteiger partial charge in [0.05, 0.1) is 10.0 Å². The van der Waals surface area contributed by atoms with E-state index in [1.54, 1.807) is 0 Å². The van der Waals surface area contributed by atoms with Crippen molar-refractivity contribution in [1.29, 1.82) is 0 Å². The van der Waals surface area contributed by atoms with E-state index in [1.165, 1.54) is 4.63 Å². The third-order valence-electron chi connectivity index (χ3n) is 3.71. The average molecular weight is 365 g/mol. The molecule has 8 heteroatoms. The van der Waals surface area contributed by atoms with E-state index >= 15 is 0 Å². The predicted molar refractivity (Wildman–Crippen MR) is 95.5 cm³/mol. The van der Waals surface area contributed by atoms with Gasteiger partial charge in [0.25, 0.3) is 0 Å². The fourth-order valence-corrected chi connectivity index (χ4v) is 2.68. The molecular weight excluding hydrogens is 347 g/mol. The molecule has 1 aromatic carbocycles. The second-order valence-corrected chi connectivity index (χ2v) is 6.88. The van der Waals surface area contributed by atoms with Crippen LogP contribution in [0.1, 0.15) is 25.8 Å². The molecule has 0 aliphatic carbocycles. The second-order valence-electron chi connectivity index (χ2n) is 6.07. The Balaban J connectivity index is 1.88. The summed E-state index contributed by atoms with van der Waals surface area (Å²) in [6.45, 7) is 5.97. The summed E-state index contributed by atoms with van der Waals surface area (Å²) in [4.78, 5) is 2.20. The lowest BCUT2D eigenvalue weighted by molar-refractivity contribution is 0.566. The van der Waals surface area contributed by atoms with Crippen LogP contribution in [0.3, 0.4) is 0 Å². The minimum Gasteiger partial charge on any atom is -0.351 e. The summed E-state index contributed by atoms with van der Waals surface area (Å²) < 4.78 is 1.44. The maximum Gasteiger partial charge on any atom is 0.200 e. The molecule has 6 nitrogen and oxygen atoms in total. The van der Waals surface area contributed by atoms with Crippen molar-refractivity contribution in [3.05, 3.63) is 45.9 Å². The normalized spacial score (nSPS) is 11.4. The SMILES string of the molecule is CC(C)CCN(Cc1ccc(Cl)c(Cl)c1)c1ccc2nnnn2n1. The summed E-state index contributed by atoms with van der Waals surface area (Å²) in [6, 6.07) is 9.48. The molecule has 0 radical (unpaired) electrons. The molecule has 2 heterocycles. The number of benzene rings is 1. The predicted octanol–water partition coefficient (Wildman–Crippen LogP) is 3.88. The van der Waals surface area contributed by atoms with Gasteiger partial charge in [-0.2, -0.15) is 0 Å². The molecule has 0 N–H and O–H groups in total. The van der Waals surface area contributed by atoms with Crippen LogP contribution in [-0.2, 0) is 6.54 Å². The largest absolute Gasteiger partial charge is 0.351 e. The zero-order valence-electron chi connectivity index (χ0n) is 13.5. The van der Waals surface area contributed by atoms with Gasteiger partial charge in [-0.05, 0) is 52.6 Å². The fourth-order valence-electron chi connectivity index (χ4n) is 2.36. The van der Waals surface area contributed by atoms with E-state index in [0.717, 1.165) is 24.3 Å². The van der Waals surface area contributed by atoms with Crippen LogP contribution in [0.25, 0.3) is 5.65 Å². The Kier molecular flexibility index (Phi) is 5.16. The highest BCUT2D eigenvalue weighted by atomic mass is 35.5. The molecule has 0 fully saturated rings. The van der Waals surface area contributed by atoms with Crippen LogP contribution in [0.5, 0.6) is 0 Å². The number of hydrogen-bond donors (Lipinski definition) is 0. The van der Waals surface area contributed by atoms with Gasteiger partial charge in [-0.25, -0.2) is 0 Å². The molecule has 126 valence electrons. The zero-order chi connectivity index (χ0) is 17.1. The third-order valence-corrected chi connectivity index (χ3v) is 4.45. The van der Waals surface area contributed by atoms with Crippen LogP contribution in [0.4, 0.5) is 5.82 Å². The van der Waals surface area contributed by atoms with E-state index in [-0.39, 0.29) is 0 Å². The van der Waals surface area contributed by atoms with Crippen LogP contribution in [0.2, 0.25) is 10.0 Å². The van der Waals surface area contributed by atoms with Crippen molar-refractivity contribution in [2.75, 3.05) is 11.4 Å². The first-order chi connectivity index (χ1) is 11.5. The molecule has 3 aromatic rings. The second kappa shape index (κ2) is 7.32. The van der Waals surface area contributed by atoms with Crippen LogP contribution in [-0.4, -0.2) is 31.8 Å². The number of rotatable bonds is 6. The first kappa shape index (κ1) is 16.9. The van der Waals surface area contributed by atoms with Crippen molar-refractivity contribution in [3.63, 3.8) is 0 Å². The Morgan fingerprint density at radius 1 is 1.12 bits per heavy atom. The summed E-state index contributed by atoms with van der Waals surface area (Å²) in [7, 11) is 0. The monoisotopic (exact) mass is 364 g/mol. The van der Waals surface area contributed by atoms with Gasteiger partial charge in [-0.15, -0.1) is 14.8 Å². The van der Waals surface area contributed by atoms with Gasteiger partial charge in [-0.1, -0.05) is 43.1 Å². The molecular formula is C16H18Cl2N6. The summed E-state index contributed by atoms with van der Waals surface area (Å²) in [5.74, 6) is 1.42. The summed E-state index contributed by atoms with van der Waals surface area (Å²) in [6.07, 6.45) is 1.05. The van der Waals surface area contributed by atoms with Gasteiger partial charge < -0.3 is 4.90 Å². The Morgan fingerprint density at radius 3 is 2.71 bits per heavy atom. The van der Waals surface area contributed by atoms with Gasteiger partial charge in [0.1, 0.15) is 0 Å². The highest BCUT2D eigenvalue weighted by molar-refractivity contribution is 6.42. The molecule has 3 rings (SSSR count). The van der Waals surface area contributed by atoms with Crippen molar-refractivity contribution in [3.8, 4) is 0 Å². The van der Waals surface area contributed by atoms with Crippen LogP contribution >= 0.6 is 23.2 Å². The molecule has 0 aliphatic heterocycles. The highest BCUT2D eigenvalue weighted by Crippen LogP contribution is 2.24. The average Bonchev–Trinajstić information content (AvgIpc) is 3.02. The van der Waals surface area contributed by atoms with Crippen molar-refractivity contribution < 1.29 is 0 Å². The molecule has 0 bridgehead atoms. The van der Waals surface area contributed by atoms with Crippen molar-refractivity contribution >= 4 is 34.7 Å². The fraction of sp³-hybridized carbons (Fsp3) is 0.375. The highest BCUT2D eigenvalue weighted by Gasteiger charge is 2.12. The summed E-state index contributed by atoms with van der Waals surface area (Å²) in [5.41, 5.74) is 1.70. The van der Waals surface area contributed by atoms with Crippen molar-refractivity contribution in [1.82, 2.24) is 25.3 Å². The Bertz CT molecular complexity index is 832. The smallest absolute Gasteiger partial charge is 0.200 e. The van der Waals surface area contributed by atoms with E-state index in [2.05, 4.69) is 39.4 Å². The van der Waals surface area contributed by atoms with E-state index < -0.39 is 0 Å². The molecule has 0 amide bonds. The van der Waals surface area contributed by atoms with E-state index in [1.807, 2.05) is 30.3 Å². The molecule has 24 heavy (non-hydrogen) atoms. The number of tetrazole rings is 1. The van der Waals surface area contributed by atoms with Gasteiger partial charge in [0.15, 0.2) is 11.5 Å². The van der Waals surface area contributed by atoms with Crippen molar-refractivity contribution in [2.24, 2.45) is 5.92 Å². The van der Waals surface area contributed by atoms with Gasteiger partial charge in [-0.3, -0.25) is 0 Å². The molecule has 0 spiro atoms. The van der Waals surface area contributed by atoms with Crippen LogP contribution in [0, 0.1) is 5.92 Å². The third kappa shape index (κ3) is 3.94. The molecule has 2 aromatic heterocycles. The van der Waals surface area contributed by atoms with Crippen LogP contribution < -0.4 is 4.90 Å². The number of aromatic nitrogens is 5. The van der Waals surface area contributed by atoms with Gasteiger partial charge >= 0.3 is 0 Å². The Hall–Kier alpha value is -1.92. The molecule has 0 aliphatic rings. The minimum absolute atomic E-state index is 0.557. The van der Waals surface area contributed by atoms with E-state index in [0.29, 0.717) is 28.2 Å². The summed E-state index contributed by atoms with van der Waals surface area (Å²) in [5, 5.41) is 17.0. The first-order valence-electron chi connectivity index (χ1n) is 7.77. The maximum absolute atomic E-state index is 6.14. The minimum atomic E-state index is 0.557. The molecule has 0 atom stereocenters. The topological polar surface area (TPSA) is 59.2 Å². The lowest BCUT2D eigenvalue weighted by Crippen LogP contribution is -2.26. The van der Waals surface area contributed by atoms with E-state index in [9.17, 15) is 0 Å². The molecule has 0 unspecified atom stereocenters. The van der Waals surface area contributed by atoms with E-state index in [4.69, 9.17) is 23.2 Å². The first-order valence-corrected chi connectivity index (χ1v) is 8.53. The summed E-state index contributed by atoms with van der Waals surface area (Å²) >= 11 is 12.1. The number of anilines is 1. The number of nitrogens with zero attached hydrogens (tertiary/aromatic N) is 6. The number of halogens is 2.